The molecule has 1 amide bonds. The van der Waals surface area contributed by atoms with E-state index in [2.05, 4.69) is 29.5 Å². The molecule has 1 aromatic carbocycles. The molecule has 0 aliphatic heterocycles. The maximum Gasteiger partial charge on any atom is 0.274 e. The van der Waals surface area contributed by atoms with E-state index in [-0.39, 0.29) is 5.91 Å². The van der Waals surface area contributed by atoms with Gasteiger partial charge in [-0.15, -0.1) is 0 Å². The Morgan fingerprint density at radius 2 is 2.00 bits per heavy atom. The molecule has 0 aliphatic carbocycles. The molecule has 0 radical (unpaired) electrons. The van der Waals surface area contributed by atoms with Gasteiger partial charge in [0.2, 0.25) is 0 Å². The minimum absolute atomic E-state index is 0.193. The zero-order valence-electron chi connectivity index (χ0n) is 13.6. The van der Waals surface area contributed by atoms with Crippen LogP contribution in [0.2, 0.25) is 0 Å². The third kappa shape index (κ3) is 4.07. The van der Waals surface area contributed by atoms with Crippen molar-refractivity contribution in [1.29, 1.82) is 0 Å². The Labute approximate surface area is 132 Å². The summed E-state index contributed by atoms with van der Waals surface area (Å²) in [6.07, 6.45) is 2.68. The Morgan fingerprint density at radius 3 is 2.73 bits per heavy atom. The molecule has 0 bridgehead atoms. The van der Waals surface area contributed by atoms with E-state index in [0.29, 0.717) is 11.7 Å². The predicted octanol–water partition coefficient (Wildman–Crippen LogP) is 4.16. The molecule has 0 spiro atoms. The summed E-state index contributed by atoms with van der Waals surface area (Å²) in [6, 6.07) is 10.0. The van der Waals surface area contributed by atoms with Crippen molar-refractivity contribution in [3.8, 4) is 0 Å². The molecule has 0 saturated heterocycles. The van der Waals surface area contributed by atoms with Crippen LogP contribution in [0.3, 0.4) is 0 Å². The number of amides is 1. The van der Waals surface area contributed by atoms with Crippen LogP contribution in [0.5, 0.6) is 0 Å². The van der Waals surface area contributed by atoms with Gasteiger partial charge in [-0.05, 0) is 56.5 Å². The summed E-state index contributed by atoms with van der Waals surface area (Å²) in [5.74, 6) is -0.193. The molecule has 4 nitrogen and oxygen atoms in total. The van der Waals surface area contributed by atoms with Gasteiger partial charge in [0, 0.05) is 23.6 Å². The number of nitrogens with one attached hydrogen (secondary N) is 2. The van der Waals surface area contributed by atoms with Crippen LogP contribution in [0.15, 0.2) is 36.5 Å². The zero-order chi connectivity index (χ0) is 16.1. The van der Waals surface area contributed by atoms with Gasteiger partial charge in [-0.2, -0.15) is 0 Å². The smallest absolute Gasteiger partial charge is 0.274 e. The number of carbonyl (C=O) groups excluding carboxylic acids is 1. The van der Waals surface area contributed by atoms with Crippen LogP contribution in [-0.4, -0.2) is 16.9 Å². The number of carbonyl (C=O) groups is 1. The minimum atomic E-state index is -0.193. The summed E-state index contributed by atoms with van der Waals surface area (Å²) in [5.41, 5.74) is 4.30. The van der Waals surface area contributed by atoms with Gasteiger partial charge in [-0.1, -0.05) is 19.1 Å². The molecule has 0 aliphatic rings. The number of aryl methyl sites for hydroxylation is 2. The zero-order valence-corrected chi connectivity index (χ0v) is 13.6. The Hall–Kier alpha value is -2.36. The molecular formula is C18H23N3O. The van der Waals surface area contributed by atoms with E-state index in [1.807, 2.05) is 38.1 Å². The van der Waals surface area contributed by atoms with Crippen molar-refractivity contribution in [2.75, 3.05) is 10.6 Å². The average Bonchev–Trinajstić information content (AvgIpc) is 2.51. The van der Waals surface area contributed by atoms with Gasteiger partial charge in [0.25, 0.3) is 5.91 Å². The monoisotopic (exact) mass is 297 g/mol. The lowest BCUT2D eigenvalue weighted by molar-refractivity contribution is 0.102. The van der Waals surface area contributed by atoms with Gasteiger partial charge in [-0.3, -0.25) is 9.78 Å². The second kappa shape index (κ2) is 7.07. The highest BCUT2D eigenvalue weighted by atomic mass is 16.1. The van der Waals surface area contributed by atoms with E-state index in [0.717, 1.165) is 28.9 Å². The molecule has 2 N–H and O–H groups in total. The predicted molar refractivity (Wildman–Crippen MR) is 91.5 cm³/mol. The third-order valence-corrected chi connectivity index (χ3v) is 3.66. The van der Waals surface area contributed by atoms with Crippen molar-refractivity contribution in [2.45, 2.75) is 40.2 Å². The van der Waals surface area contributed by atoms with Crippen LogP contribution in [0.4, 0.5) is 11.4 Å². The van der Waals surface area contributed by atoms with Crippen LogP contribution >= 0.6 is 0 Å². The summed E-state index contributed by atoms with van der Waals surface area (Å²) in [4.78, 5) is 16.6. The van der Waals surface area contributed by atoms with Crippen molar-refractivity contribution in [3.05, 3.63) is 53.3 Å². The van der Waals surface area contributed by atoms with Gasteiger partial charge in [0.1, 0.15) is 5.69 Å². The number of aromatic nitrogens is 1. The Morgan fingerprint density at radius 1 is 1.23 bits per heavy atom. The Kier molecular flexibility index (Phi) is 5.15. The Balaban J connectivity index is 2.15. The largest absolute Gasteiger partial charge is 0.382 e. The molecule has 116 valence electrons. The maximum atomic E-state index is 12.4. The molecule has 0 saturated carbocycles. The van der Waals surface area contributed by atoms with Gasteiger partial charge >= 0.3 is 0 Å². The Bertz CT molecular complexity index is 667. The third-order valence-electron chi connectivity index (χ3n) is 3.66. The maximum absolute atomic E-state index is 12.4. The minimum Gasteiger partial charge on any atom is -0.382 e. The van der Waals surface area contributed by atoms with Gasteiger partial charge < -0.3 is 10.6 Å². The summed E-state index contributed by atoms with van der Waals surface area (Å²) in [5, 5.41) is 6.28. The fraction of sp³-hybridized carbons (Fsp3) is 0.333. The highest BCUT2D eigenvalue weighted by Crippen LogP contribution is 2.18. The lowest BCUT2D eigenvalue weighted by atomic mass is 10.1. The number of anilines is 2. The van der Waals surface area contributed by atoms with E-state index < -0.39 is 0 Å². The standard InChI is InChI=1S/C18H23N3O/c1-5-14(4)20-15-8-9-19-17(11-15)18(22)21-16-10-12(2)6-7-13(16)3/h6-11,14H,5H2,1-4H3,(H,19,20)(H,21,22). The van der Waals surface area contributed by atoms with E-state index in [4.69, 9.17) is 0 Å². The van der Waals surface area contributed by atoms with Gasteiger partial charge in [0.05, 0.1) is 0 Å². The molecule has 2 aromatic rings. The SMILES string of the molecule is CCC(C)Nc1ccnc(C(=O)Nc2cc(C)ccc2C)c1. The summed E-state index contributed by atoms with van der Waals surface area (Å²) in [6.45, 7) is 8.21. The first kappa shape index (κ1) is 16.0. The first-order valence-electron chi connectivity index (χ1n) is 7.60. The quantitative estimate of drug-likeness (QED) is 0.871. The molecule has 2 rings (SSSR count). The molecule has 1 heterocycles. The number of rotatable bonds is 5. The van der Waals surface area contributed by atoms with E-state index in [9.17, 15) is 4.79 Å². The van der Waals surface area contributed by atoms with E-state index in [1.165, 1.54) is 0 Å². The summed E-state index contributed by atoms with van der Waals surface area (Å²) >= 11 is 0. The van der Waals surface area contributed by atoms with Gasteiger partial charge in [0.15, 0.2) is 0 Å². The molecule has 1 unspecified atom stereocenters. The number of pyridine rings is 1. The number of hydrogen-bond donors (Lipinski definition) is 2. The summed E-state index contributed by atoms with van der Waals surface area (Å²) < 4.78 is 0. The fourth-order valence-corrected chi connectivity index (χ4v) is 2.09. The fourth-order valence-electron chi connectivity index (χ4n) is 2.09. The topological polar surface area (TPSA) is 54.0 Å². The second-order valence-electron chi connectivity index (χ2n) is 5.66. The number of benzene rings is 1. The summed E-state index contributed by atoms with van der Waals surface area (Å²) in [7, 11) is 0. The van der Waals surface area contributed by atoms with Crippen LogP contribution < -0.4 is 10.6 Å². The lowest BCUT2D eigenvalue weighted by Crippen LogP contribution is -2.17. The van der Waals surface area contributed by atoms with Crippen molar-refractivity contribution in [1.82, 2.24) is 4.98 Å². The van der Waals surface area contributed by atoms with Crippen molar-refractivity contribution >= 4 is 17.3 Å². The number of hydrogen-bond acceptors (Lipinski definition) is 3. The first-order chi connectivity index (χ1) is 10.5. The molecule has 4 heteroatoms. The molecule has 22 heavy (non-hydrogen) atoms. The lowest BCUT2D eigenvalue weighted by Gasteiger charge is -2.14. The molecule has 0 fully saturated rings. The van der Waals surface area contributed by atoms with E-state index in [1.54, 1.807) is 12.3 Å². The van der Waals surface area contributed by atoms with Crippen LogP contribution in [-0.2, 0) is 0 Å². The van der Waals surface area contributed by atoms with E-state index >= 15 is 0 Å². The molecule has 1 atom stereocenters. The highest BCUT2D eigenvalue weighted by molar-refractivity contribution is 6.03. The van der Waals surface area contributed by atoms with Crippen LogP contribution in [0, 0.1) is 13.8 Å². The second-order valence-corrected chi connectivity index (χ2v) is 5.66. The number of nitrogens with zero attached hydrogens (tertiary/aromatic N) is 1. The van der Waals surface area contributed by atoms with Crippen molar-refractivity contribution in [3.63, 3.8) is 0 Å². The van der Waals surface area contributed by atoms with Crippen molar-refractivity contribution in [2.24, 2.45) is 0 Å². The first-order valence-corrected chi connectivity index (χ1v) is 7.60. The molecule has 1 aromatic heterocycles. The van der Waals surface area contributed by atoms with Crippen LogP contribution in [0.25, 0.3) is 0 Å². The van der Waals surface area contributed by atoms with Crippen LogP contribution in [0.1, 0.15) is 41.9 Å². The van der Waals surface area contributed by atoms with Gasteiger partial charge in [-0.25, -0.2) is 0 Å². The molecular weight excluding hydrogens is 274 g/mol. The normalized spacial score (nSPS) is 11.8. The average molecular weight is 297 g/mol. The highest BCUT2D eigenvalue weighted by Gasteiger charge is 2.10. The van der Waals surface area contributed by atoms with Crippen molar-refractivity contribution < 1.29 is 4.79 Å².